The Balaban J connectivity index is 0.000000184. The molecule has 0 amide bonds. The highest BCUT2D eigenvalue weighted by Gasteiger charge is 2.22. The summed E-state index contributed by atoms with van der Waals surface area (Å²) < 4.78 is 10.7. The number of aliphatic carboxylic acids is 1. The van der Waals surface area contributed by atoms with E-state index in [4.69, 9.17) is 43.5 Å². The zero-order valence-corrected chi connectivity index (χ0v) is 39.0. The fourth-order valence-corrected chi connectivity index (χ4v) is 8.03. The molecule has 2 saturated heterocycles. The van der Waals surface area contributed by atoms with E-state index in [0.717, 1.165) is 65.0 Å². The number of Topliss-reactive ketones (excluding diaryl/α,β-unsaturated/α-hetero) is 1. The third-order valence-electron chi connectivity index (χ3n) is 11.6. The largest absolute Gasteiger partial charge is 0.486 e. The second kappa shape index (κ2) is 26.3. The van der Waals surface area contributed by atoms with Gasteiger partial charge in [-0.15, -0.1) is 0 Å². The van der Waals surface area contributed by atoms with Gasteiger partial charge >= 0.3 is 5.97 Å². The lowest BCUT2D eigenvalue weighted by Crippen LogP contribution is -2.39. The first-order chi connectivity index (χ1) is 32.5. The van der Waals surface area contributed by atoms with Crippen LogP contribution in [0.25, 0.3) is 0 Å². The van der Waals surface area contributed by atoms with Crippen molar-refractivity contribution in [3.63, 3.8) is 0 Å². The molecule has 0 radical (unpaired) electrons. The number of piperidine rings is 2. The van der Waals surface area contributed by atoms with E-state index in [9.17, 15) is 19.2 Å². The van der Waals surface area contributed by atoms with E-state index in [0.29, 0.717) is 62.2 Å². The number of halogens is 2. The molecule has 348 valence electrons. The van der Waals surface area contributed by atoms with Crippen molar-refractivity contribution in [1.82, 2.24) is 9.80 Å². The van der Waals surface area contributed by atoms with Crippen molar-refractivity contribution in [2.75, 3.05) is 39.4 Å². The highest BCUT2D eigenvalue weighted by Crippen LogP contribution is 2.24. The summed E-state index contributed by atoms with van der Waals surface area (Å²) in [7, 11) is 0. The fraction of sp³-hybridized carbons (Fsp3) is 0.273. The maximum absolute atomic E-state index is 12.5. The van der Waals surface area contributed by atoms with Gasteiger partial charge in [-0.3, -0.25) is 24.2 Å². The number of hydrogen-bond acceptors (Lipinski definition) is 9. The van der Waals surface area contributed by atoms with E-state index in [1.807, 2.05) is 6.07 Å². The van der Waals surface area contributed by atoms with E-state index in [1.54, 1.807) is 97.1 Å². The average molecular weight is 943 g/mol. The molecule has 10 nitrogen and oxygen atoms in total. The zero-order chi connectivity index (χ0) is 47.4. The first-order valence-electron chi connectivity index (χ1n) is 22.6. The monoisotopic (exact) mass is 941 g/mol. The quantitative estimate of drug-likeness (QED) is 0.0902. The van der Waals surface area contributed by atoms with Crippen LogP contribution in [-0.2, 0) is 22.7 Å². The second-order valence-corrected chi connectivity index (χ2v) is 17.6. The molecule has 2 aliphatic rings. The van der Waals surface area contributed by atoms with Gasteiger partial charge < -0.3 is 20.3 Å². The van der Waals surface area contributed by atoms with Crippen LogP contribution in [0.3, 0.4) is 0 Å². The number of benzene rings is 6. The topological polar surface area (TPSA) is 139 Å². The van der Waals surface area contributed by atoms with Gasteiger partial charge in [0.05, 0.1) is 0 Å². The van der Waals surface area contributed by atoms with Crippen molar-refractivity contribution in [3.8, 4) is 11.5 Å². The Hall–Kier alpha value is -6.14. The maximum atomic E-state index is 12.5. The fourth-order valence-electron chi connectivity index (χ4n) is 7.77. The Labute approximate surface area is 403 Å². The van der Waals surface area contributed by atoms with Gasteiger partial charge in [0.1, 0.15) is 18.1 Å². The molecule has 0 saturated carbocycles. The SMILES string of the molecule is NC1CCN(Cc2ccccc2)CC1.O=C(COc1ccc(C(=O)c2ccc(Cl)cc2)cc1)CC1CCN(Cc2ccccc2)CC1.O=C(O)COc1ccc(C(=O)c2ccc(Cl)cc2)cc1. The molecule has 0 spiro atoms. The number of ether oxygens (including phenoxy) is 2. The highest BCUT2D eigenvalue weighted by atomic mass is 35.5. The summed E-state index contributed by atoms with van der Waals surface area (Å²) >= 11 is 11.7. The van der Waals surface area contributed by atoms with Gasteiger partial charge in [-0.1, -0.05) is 83.9 Å². The highest BCUT2D eigenvalue weighted by molar-refractivity contribution is 6.31. The van der Waals surface area contributed by atoms with E-state index in [-0.39, 0.29) is 24.0 Å². The third kappa shape index (κ3) is 17.2. The smallest absolute Gasteiger partial charge is 0.341 e. The van der Waals surface area contributed by atoms with Crippen LogP contribution >= 0.6 is 23.2 Å². The van der Waals surface area contributed by atoms with Crippen LogP contribution in [0, 0.1) is 5.92 Å². The minimum atomic E-state index is -1.05. The predicted molar refractivity (Wildman–Crippen MR) is 264 cm³/mol. The van der Waals surface area contributed by atoms with Crippen LogP contribution in [0.5, 0.6) is 11.5 Å². The Morgan fingerprint density at radius 1 is 0.507 bits per heavy atom. The summed E-state index contributed by atoms with van der Waals surface area (Å²) in [5, 5.41) is 9.66. The van der Waals surface area contributed by atoms with Crippen LogP contribution in [0.2, 0.25) is 10.0 Å². The van der Waals surface area contributed by atoms with Crippen molar-refractivity contribution in [1.29, 1.82) is 0 Å². The molecule has 3 N–H and O–H groups in total. The second-order valence-electron chi connectivity index (χ2n) is 16.7. The van der Waals surface area contributed by atoms with E-state index >= 15 is 0 Å². The van der Waals surface area contributed by atoms with Crippen LogP contribution < -0.4 is 15.2 Å². The Bertz CT molecular complexity index is 2460. The molecular formula is C55H57Cl2N3O7. The van der Waals surface area contributed by atoms with Gasteiger partial charge in [0.15, 0.2) is 24.0 Å². The summed E-state index contributed by atoms with van der Waals surface area (Å²) in [6, 6.07) is 48.2. The first kappa shape index (κ1) is 50.3. The van der Waals surface area contributed by atoms with Gasteiger partial charge in [-0.05, 0) is 166 Å². The zero-order valence-electron chi connectivity index (χ0n) is 37.5. The third-order valence-corrected chi connectivity index (χ3v) is 12.1. The number of nitrogens with two attached hydrogens (primary N) is 1. The molecule has 2 fully saturated rings. The van der Waals surface area contributed by atoms with Gasteiger partial charge in [-0.2, -0.15) is 0 Å². The minimum Gasteiger partial charge on any atom is -0.486 e. The van der Waals surface area contributed by atoms with Crippen molar-refractivity contribution in [3.05, 3.63) is 201 Å². The minimum absolute atomic E-state index is 0.0642. The normalized spacial score (nSPS) is 14.4. The molecule has 0 aliphatic carbocycles. The first-order valence-corrected chi connectivity index (χ1v) is 23.3. The lowest BCUT2D eigenvalue weighted by molar-refractivity contribution is -0.139. The number of carboxylic acid groups (broad SMARTS) is 1. The van der Waals surface area contributed by atoms with Crippen molar-refractivity contribution < 1.29 is 33.8 Å². The van der Waals surface area contributed by atoms with E-state index < -0.39 is 12.6 Å². The molecule has 2 heterocycles. The standard InChI is InChI=1S/C28H28ClNO3.C15H11ClO4.C12H18N2/c29-25-10-6-23(7-11-25)28(32)24-8-12-27(13-9-24)33-20-26(31)18-21-14-16-30(17-15-21)19-22-4-2-1-3-5-22;16-12-5-1-10(2-6-12)15(19)11-3-7-13(8-4-11)20-9-14(17)18;13-12-6-8-14(9-7-12)10-11-4-2-1-3-5-11/h1-13,21H,14-20H2;1-8H,9H2,(H,17,18);1-5,12H,6-10,13H2. The summed E-state index contributed by atoms with van der Waals surface area (Å²) in [5.74, 6) is 0.282. The van der Waals surface area contributed by atoms with Gasteiger partial charge in [0.25, 0.3) is 0 Å². The molecule has 12 heteroatoms. The maximum Gasteiger partial charge on any atom is 0.341 e. The van der Waals surface area contributed by atoms with Crippen LogP contribution in [-0.4, -0.2) is 83.7 Å². The Kier molecular flexibility index (Phi) is 19.7. The summed E-state index contributed by atoms with van der Waals surface area (Å²) in [6.07, 6.45) is 4.94. The number of carboxylic acids is 1. The molecule has 0 bridgehead atoms. The van der Waals surface area contributed by atoms with E-state index in [2.05, 4.69) is 64.4 Å². The molecule has 67 heavy (non-hydrogen) atoms. The van der Waals surface area contributed by atoms with Crippen LogP contribution in [0.4, 0.5) is 0 Å². The number of ketones is 3. The molecule has 8 rings (SSSR count). The molecule has 6 aromatic carbocycles. The lowest BCUT2D eigenvalue weighted by atomic mass is 9.91. The summed E-state index contributed by atoms with van der Waals surface area (Å²) in [6.45, 7) is 6.05. The molecule has 6 aromatic rings. The number of nitrogens with zero attached hydrogens (tertiary/aromatic N) is 2. The molecule has 0 atom stereocenters. The van der Waals surface area contributed by atoms with E-state index in [1.165, 1.54) is 11.1 Å². The Morgan fingerprint density at radius 3 is 1.25 bits per heavy atom. The van der Waals surface area contributed by atoms with Crippen molar-refractivity contribution in [2.24, 2.45) is 11.7 Å². The summed E-state index contributed by atoms with van der Waals surface area (Å²) in [4.78, 5) is 52.5. The number of likely N-dealkylation sites (tertiary alicyclic amines) is 2. The van der Waals surface area contributed by atoms with Gasteiger partial charge in [0.2, 0.25) is 0 Å². The predicted octanol–water partition coefficient (Wildman–Crippen LogP) is 10.5. The van der Waals surface area contributed by atoms with Crippen LogP contribution in [0.1, 0.15) is 75.1 Å². The van der Waals surface area contributed by atoms with Crippen LogP contribution in [0.15, 0.2) is 158 Å². The van der Waals surface area contributed by atoms with Gasteiger partial charge in [0, 0.05) is 57.9 Å². The molecule has 0 aromatic heterocycles. The van der Waals surface area contributed by atoms with Crippen molar-refractivity contribution in [2.45, 2.75) is 51.2 Å². The number of carbonyl (C=O) groups excluding carboxylic acids is 3. The number of hydrogen-bond donors (Lipinski definition) is 2. The molecule has 0 unspecified atom stereocenters. The van der Waals surface area contributed by atoms with Crippen molar-refractivity contribution >= 4 is 46.5 Å². The Morgan fingerprint density at radius 2 is 0.866 bits per heavy atom. The number of carbonyl (C=O) groups is 4. The summed E-state index contributed by atoms with van der Waals surface area (Å²) in [5.41, 5.74) is 10.8. The number of rotatable bonds is 16. The lowest BCUT2D eigenvalue weighted by Gasteiger charge is -2.31. The molecular weight excluding hydrogens is 886 g/mol. The molecule has 2 aliphatic heterocycles. The average Bonchev–Trinajstić information content (AvgIpc) is 3.35. The van der Waals surface area contributed by atoms with Gasteiger partial charge in [-0.25, -0.2) is 4.79 Å².